The average molecular weight is 590 g/mol. The number of nitrogens with two attached hydrogens (primary N) is 1. The average Bonchev–Trinajstić information content (AvgIpc) is 2.93. The SMILES string of the molecule is C=C[C@H]1CN2C(SCCN)CC1C[C@H]2[C@H](OC(=O)Nc1cc(Cl)cc(Cl)c1)C1=CCNc2ccc(OC)cc21. The Hall–Kier alpha value is -2.36. The van der Waals surface area contributed by atoms with E-state index < -0.39 is 12.2 Å². The van der Waals surface area contributed by atoms with Gasteiger partial charge in [-0.3, -0.25) is 10.2 Å². The summed E-state index contributed by atoms with van der Waals surface area (Å²) in [7, 11) is 1.65. The fraction of sp³-hybridized carbons (Fsp3) is 0.414. The molecule has 6 rings (SSSR count). The van der Waals surface area contributed by atoms with E-state index >= 15 is 0 Å². The number of nitrogens with zero attached hydrogens (tertiary/aromatic N) is 1. The van der Waals surface area contributed by atoms with Crippen molar-refractivity contribution < 1.29 is 14.3 Å². The standard InChI is InChI=1S/C29H34Cl2N4O3S/c1-3-17-16-35-26(10-18(17)11-27(35)39-9-7-32)28(38-29(36)34-21-13-19(30)12-20(31)14-21)23-6-8-33-25-5-4-22(37-2)15-24(23)25/h3-6,12-15,17-18,26-28,33H,1,7-11,16,32H2,2H3,(H,34,36)/t17-,18?,26-,27?,28+/m0/s1. The van der Waals surface area contributed by atoms with Crippen LogP contribution in [0.4, 0.5) is 16.2 Å². The minimum absolute atomic E-state index is 0.00711. The Labute approximate surface area is 244 Å². The summed E-state index contributed by atoms with van der Waals surface area (Å²) < 4.78 is 11.9. The summed E-state index contributed by atoms with van der Waals surface area (Å²) in [6, 6.07) is 10.8. The van der Waals surface area contributed by atoms with Crippen LogP contribution in [0.3, 0.4) is 0 Å². The van der Waals surface area contributed by atoms with Crippen molar-refractivity contribution in [1.29, 1.82) is 0 Å². The molecule has 1 amide bonds. The van der Waals surface area contributed by atoms with Gasteiger partial charge < -0.3 is 20.5 Å². The number of thioether (sulfide) groups is 1. The van der Waals surface area contributed by atoms with Crippen molar-refractivity contribution in [2.24, 2.45) is 17.6 Å². The fourth-order valence-corrected chi connectivity index (χ4v) is 7.76. The molecule has 6 atom stereocenters. The van der Waals surface area contributed by atoms with Gasteiger partial charge in [0.25, 0.3) is 0 Å². The van der Waals surface area contributed by atoms with Crippen LogP contribution < -0.4 is 21.1 Å². The normalized spacial score (nSPS) is 26.1. The maximum absolute atomic E-state index is 13.4. The number of hydrogen-bond donors (Lipinski definition) is 3. The number of anilines is 2. The number of halogens is 2. The molecule has 0 radical (unpaired) electrons. The van der Waals surface area contributed by atoms with Crippen LogP contribution in [0.5, 0.6) is 5.75 Å². The van der Waals surface area contributed by atoms with Crippen molar-refractivity contribution in [1.82, 2.24) is 4.90 Å². The van der Waals surface area contributed by atoms with Gasteiger partial charge in [0.15, 0.2) is 0 Å². The molecule has 3 saturated heterocycles. The zero-order chi connectivity index (χ0) is 27.5. The number of rotatable bonds is 9. The molecular weight excluding hydrogens is 555 g/mol. The van der Waals surface area contributed by atoms with Gasteiger partial charge in [0.05, 0.1) is 18.5 Å². The molecule has 3 unspecified atom stereocenters. The van der Waals surface area contributed by atoms with Gasteiger partial charge in [0, 0.05) is 57.9 Å². The predicted octanol–water partition coefficient (Wildman–Crippen LogP) is 6.34. The number of fused-ring (bicyclic) bond motifs is 4. The van der Waals surface area contributed by atoms with E-state index in [1.165, 1.54) is 0 Å². The minimum Gasteiger partial charge on any atom is -0.497 e. The minimum atomic E-state index is -0.559. The second-order valence-corrected chi connectivity index (χ2v) is 12.2. The molecule has 208 valence electrons. The number of ether oxygens (including phenoxy) is 2. The number of piperidine rings is 3. The summed E-state index contributed by atoms with van der Waals surface area (Å²) in [4.78, 5) is 15.9. The maximum Gasteiger partial charge on any atom is 0.412 e. The third-order valence-electron chi connectivity index (χ3n) is 7.75. The largest absolute Gasteiger partial charge is 0.497 e. The van der Waals surface area contributed by atoms with Gasteiger partial charge in [-0.15, -0.1) is 18.3 Å². The Kier molecular flexibility index (Phi) is 8.99. The molecule has 2 bridgehead atoms. The van der Waals surface area contributed by atoms with Crippen molar-refractivity contribution in [3.05, 3.63) is 70.7 Å². The van der Waals surface area contributed by atoms with Crippen LogP contribution in [0.2, 0.25) is 10.0 Å². The van der Waals surface area contributed by atoms with Crippen LogP contribution in [0, 0.1) is 11.8 Å². The lowest BCUT2D eigenvalue weighted by atomic mass is 9.72. The molecule has 2 aromatic rings. The summed E-state index contributed by atoms with van der Waals surface area (Å²) in [6.07, 6.45) is 5.10. The fourth-order valence-electron chi connectivity index (χ4n) is 6.01. The van der Waals surface area contributed by atoms with E-state index in [4.69, 9.17) is 38.4 Å². The van der Waals surface area contributed by atoms with Crippen LogP contribution in [-0.4, -0.2) is 61.0 Å². The van der Waals surface area contributed by atoms with Gasteiger partial charge in [-0.25, -0.2) is 4.79 Å². The van der Waals surface area contributed by atoms with Gasteiger partial charge in [0.1, 0.15) is 11.9 Å². The molecule has 39 heavy (non-hydrogen) atoms. The quantitative estimate of drug-likeness (QED) is 0.294. The summed E-state index contributed by atoms with van der Waals surface area (Å²) in [5, 5.41) is 7.44. The molecule has 4 aliphatic rings. The number of benzene rings is 2. The summed E-state index contributed by atoms with van der Waals surface area (Å²) in [5.41, 5.74) is 9.27. The number of nitrogens with one attached hydrogen (secondary N) is 2. The number of hydrogen-bond acceptors (Lipinski definition) is 7. The van der Waals surface area contributed by atoms with Gasteiger partial charge in [-0.2, -0.15) is 0 Å². The zero-order valence-corrected chi connectivity index (χ0v) is 24.2. The van der Waals surface area contributed by atoms with E-state index in [1.807, 2.05) is 30.0 Å². The number of carbonyl (C=O) groups excluding carboxylic acids is 1. The Balaban J connectivity index is 1.49. The van der Waals surface area contributed by atoms with Gasteiger partial charge >= 0.3 is 6.09 Å². The van der Waals surface area contributed by atoms with Gasteiger partial charge in [-0.05, 0) is 61.1 Å². The van der Waals surface area contributed by atoms with Crippen LogP contribution in [0.15, 0.2) is 55.1 Å². The lowest BCUT2D eigenvalue weighted by Gasteiger charge is -2.55. The zero-order valence-electron chi connectivity index (χ0n) is 21.9. The third kappa shape index (κ3) is 6.20. The molecule has 7 nitrogen and oxygen atoms in total. The first-order chi connectivity index (χ1) is 18.9. The topological polar surface area (TPSA) is 88.8 Å². The molecule has 4 aliphatic heterocycles. The van der Waals surface area contributed by atoms with Crippen LogP contribution in [0.1, 0.15) is 18.4 Å². The van der Waals surface area contributed by atoms with Crippen molar-refractivity contribution in [2.45, 2.75) is 30.4 Å². The molecular formula is C29H34Cl2N4O3S. The molecule has 4 heterocycles. The lowest BCUT2D eigenvalue weighted by molar-refractivity contribution is -0.0388. The highest BCUT2D eigenvalue weighted by Crippen LogP contribution is 2.47. The third-order valence-corrected chi connectivity index (χ3v) is 9.51. The molecule has 2 aromatic carbocycles. The molecule has 0 aliphatic carbocycles. The van der Waals surface area contributed by atoms with E-state index in [1.54, 1.807) is 25.3 Å². The summed E-state index contributed by atoms with van der Waals surface area (Å²) in [5.74, 6) is 2.50. The summed E-state index contributed by atoms with van der Waals surface area (Å²) >= 11 is 14.2. The highest BCUT2D eigenvalue weighted by molar-refractivity contribution is 7.99. The van der Waals surface area contributed by atoms with Gasteiger partial charge in [-0.1, -0.05) is 35.4 Å². The van der Waals surface area contributed by atoms with Crippen LogP contribution in [0.25, 0.3) is 5.57 Å². The second-order valence-electron chi connectivity index (χ2n) is 10.1. The Morgan fingerprint density at radius 3 is 2.77 bits per heavy atom. The molecule has 10 heteroatoms. The van der Waals surface area contributed by atoms with Crippen LogP contribution in [-0.2, 0) is 4.74 Å². The van der Waals surface area contributed by atoms with Crippen molar-refractivity contribution in [3.8, 4) is 5.75 Å². The lowest BCUT2D eigenvalue weighted by Crippen LogP contribution is -2.61. The molecule has 3 fully saturated rings. The number of methoxy groups -OCH3 is 1. The van der Waals surface area contributed by atoms with Crippen molar-refractivity contribution >= 4 is 58.0 Å². The van der Waals surface area contributed by atoms with Gasteiger partial charge in [0.2, 0.25) is 0 Å². The van der Waals surface area contributed by atoms with E-state index in [9.17, 15) is 4.79 Å². The molecule has 0 saturated carbocycles. The molecule has 4 N–H and O–H groups in total. The highest BCUT2D eigenvalue weighted by Gasteiger charge is 2.49. The van der Waals surface area contributed by atoms with E-state index in [0.29, 0.717) is 46.0 Å². The monoisotopic (exact) mass is 588 g/mol. The predicted molar refractivity (Wildman–Crippen MR) is 162 cm³/mol. The second kappa shape index (κ2) is 12.4. The number of amides is 1. The van der Waals surface area contributed by atoms with Crippen LogP contribution >= 0.6 is 35.0 Å². The highest BCUT2D eigenvalue weighted by atomic mass is 35.5. The maximum atomic E-state index is 13.4. The Bertz CT molecular complexity index is 1240. The first-order valence-electron chi connectivity index (χ1n) is 13.2. The van der Waals surface area contributed by atoms with Crippen molar-refractivity contribution in [3.63, 3.8) is 0 Å². The summed E-state index contributed by atoms with van der Waals surface area (Å²) in [6.45, 7) is 6.25. The number of carbonyl (C=O) groups is 1. The first kappa shape index (κ1) is 28.2. The first-order valence-corrected chi connectivity index (χ1v) is 15.0. The van der Waals surface area contributed by atoms with E-state index in [-0.39, 0.29) is 6.04 Å². The smallest absolute Gasteiger partial charge is 0.412 e. The van der Waals surface area contributed by atoms with Crippen molar-refractivity contribution in [2.75, 3.05) is 43.1 Å². The van der Waals surface area contributed by atoms with E-state index in [2.05, 4.69) is 34.3 Å². The van der Waals surface area contributed by atoms with E-state index in [0.717, 1.165) is 47.7 Å². The molecule has 0 aromatic heterocycles. The Morgan fingerprint density at radius 1 is 1.28 bits per heavy atom. The molecule has 0 spiro atoms. The Morgan fingerprint density at radius 2 is 2.08 bits per heavy atom.